The molecule has 8 heteroatoms. The SMILES string of the molecule is CCC(O)CCNC(=O)NC(C)c1ccc(OC(F)(F)F)cc1. The zero-order valence-corrected chi connectivity index (χ0v) is 13.0. The Labute approximate surface area is 132 Å². The Morgan fingerprint density at radius 1 is 1.30 bits per heavy atom. The van der Waals surface area contributed by atoms with E-state index in [4.69, 9.17) is 0 Å². The largest absolute Gasteiger partial charge is 0.573 e. The third-order valence-corrected chi connectivity index (χ3v) is 3.20. The minimum absolute atomic E-state index is 0.313. The molecule has 2 atom stereocenters. The molecule has 2 unspecified atom stereocenters. The fourth-order valence-electron chi connectivity index (χ4n) is 1.85. The molecule has 0 heterocycles. The van der Waals surface area contributed by atoms with Crippen LogP contribution in [-0.4, -0.2) is 30.1 Å². The van der Waals surface area contributed by atoms with Crippen molar-refractivity contribution in [3.63, 3.8) is 0 Å². The van der Waals surface area contributed by atoms with Crippen LogP contribution in [0.25, 0.3) is 0 Å². The second kappa shape index (κ2) is 8.61. The fraction of sp³-hybridized carbons (Fsp3) is 0.533. The molecule has 0 saturated carbocycles. The standard InChI is InChI=1S/C15H21F3N2O3/c1-3-12(21)8-9-19-14(22)20-10(2)11-4-6-13(7-5-11)23-15(16,17)18/h4-7,10,12,21H,3,8-9H2,1-2H3,(H2,19,20,22). The number of urea groups is 1. The molecule has 0 aliphatic heterocycles. The van der Waals surface area contributed by atoms with Gasteiger partial charge >= 0.3 is 12.4 Å². The number of nitrogens with one attached hydrogen (secondary N) is 2. The summed E-state index contributed by atoms with van der Waals surface area (Å²) in [5.74, 6) is -0.313. The molecule has 2 amide bonds. The zero-order valence-electron chi connectivity index (χ0n) is 13.0. The van der Waals surface area contributed by atoms with Crippen molar-refractivity contribution in [2.24, 2.45) is 0 Å². The van der Waals surface area contributed by atoms with Crippen molar-refractivity contribution in [3.05, 3.63) is 29.8 Å². The summed E-state index contributed by atoms with van der Waals surface area (Å²) in [7, 11) is 0. The van der Waals surface area contributed by atoms with E-state index in [0.29, 0.717) is 24.9 Å². The van der Waals surface area contributed by atoms with Crippen LogP contribution in [0.5, 0.6) is 5.75 Å². The molecule has 23 heavy (non-hydrogen) atoms. The van der Waals surface area contributed by atoms with Crippen molar-refractivity contribution in [3.8, 4) is 5.75 Å². The van der Waals surface area contributed by atoms with E-state index in [1.54, 1.807) is 6.92 Å². The van der Waals surface area contributed by atoms with Crippen molar-refractivity contribution < 1.29 is 27.8 Å². The van der Waals surface area contributed by atoms with E-state index in [9.17, 15) is 23.1 Å². The van der Waals surface area contributed by atoms with E-state index in [0.717, 1.165) is 0 Å². The second-order valence-corrected chi connectivity index (χ2v) is 5.09. The van der Waals surface area contributed by atoms with Crippen LogP contribution in [0.3, 0.4) is 0 Å². The van der Waals surface area contributed by atoms with Crippen LogP contribution in [0.2, 0.25) is 0 Å². The van der Waals surface area contributed by atoms with E-state index in [1.165, 1.54) is 24.3 Å². The average molecular weight is 334 g/mol. The van der Waals surface area contributed by atoms with Crippen LogP contribution in [0.15, 0.2) is 24.3 Å². The molecule has 0 fully saturated rings. The first-order valence-corrected chi connectivity index (χ1v) is 7.29. The predicted molar refractivity (Wildman–Crippen MR) is 79.0 cm³/mol. The number of rotatable bonds is 7. The first-order valence-electron chi connectivity index (χ1n) is 7.29. The Balaban J connectivity index is 2.45. The number of benzene rings is 1. The van der Waals surface area contributed by atoms with Gasteiger partial charge in [0.25, 0.3) is 0 Å². The average Bonchev–Trinajstić information content (AvgIpc) is 2.46. The third kappa shape index (κ3) is 7.73. The Hall–Kier alpha value is -1.96. The minimum atomic E-state index is -4.73. The van der Waals surface area contributed by atoms with Crippen LogP contribution in [0.1, 0.15) is 38.3 Å². The van der Waals surface area contributed by atoms with E-state index >= 15 is 0 Å². The van der Waals surface area contributed by atoms with Crippen molar-refractivity contribution >= 4 is 6.03 Å². The van der Waals surface area contributed by atoms with Crippen molar-refractivity contribution in [2.75, 3.05) is 6.54 Å². The molecule has 0 radical (unpaired) electrons. The topological polar surface area (TPSA) is 70.6 Å². The number of hydrogen-bond acceptors (Lipinski definition) is 3. The van der Waals surface area contributed by atoms with Gasteiger partial charge in [0.05, 0.1) is 12.1 Å². The summed E-state index contributed by atoms with van der Waals surface area (Å²) >= 11 is 0. The van der Waals surface area contributed by atoms with Crippen LogP contribution < -0.4 is 15.4 Å². The molecule has 0 spiro atoms. The van der Waals surface area contributed by atoms with Gasteiger partial charge in [0.1, 0.15) is 5.75 Å². The lowest BCUT2D eigenvalue weighted by atomic mass is 10.1. The Kier molecular flexibility index (Phi) is 7.15. The van der Waals surface area contributed by atoms with Gasteiger partial charge in [-0.05, 0) is 37.5 Å². The number of carbonyl (C=O) groups is 1. The highest BCUT2D eigenvalue weighted by Gasteiger charge is 2.31. The molecule has 0 aliphatic carbocycles. The number of carbonyl (C=O) groups excluding carboxylic acids is 1. The van der Waals surface area contributed by atoms with Gasteiger partial charge in [-0.2, -0.15) is 0 Å². The quantitative estimate of drug-likeness (QED) is 0.717. The molecule has 0 bridgehead atoms. The van der Waals surface area contributed by atoms with E-state index in [-0.39, 0.29) is 11.8 Å². The molecule has 1 aromatic carbocycles. The molecule has 0 aliphatic rings. The number of aliphatic hydroxyl groups excluding tert-OH is 1. The maximum atomic E-state index is 12.1. The molecule has 0 aromatic heterocycles. The number of alkyl halides is 3. The molecular formula is C15H21F3N2O3. The molecule has 1 rings (SSSR count). The van der Waals surface area contributed by atoms with Gasteiger partial charge in [0, 0.05) is 6.54 Å². The van der Waals surface area contributed by atoms with Crippen LogP contribution >= 0.6 is 0 Å². The Morgan fingerprint density at radius 3 is 2.43 bits per heavy atom. The summed E-state index contributed by atoms with van der Waals surface area (Å²) in [6.07, 6.45) is -4.10. The normalized spacial score (nSPS) is 14.0. The number of hydrogen-bond donors (Lipinski definition) is 3. The second-order valence-electron chi connectivity index (χ2n) is 5.09. The number of aliphatic hydroxyl groups is 1. The van der Waals surface area contributed by atoms with E-state index in [1.807, 2.05) is 6.92 Å². The summed E-state index contributed by atoms with van der Waals surface area (Å²) < 4.78 is 40.0. The van der Waals surface area contributed by atoms with E-state index in [2.05, 4.69) is 15.4 Å². The van der Waals surface area contributed by atoms with Gasteiger partial charge in [-0.25, -0.2) is 4.79 Å². The smallest absolute Gasteiger partial charge is 0.406 e. The molecular weight excluding hydrogens is 313 g/mol. The lowest BCUT2D eigenvalue weighted by Crippen LogP contribution is -2.38. The van der Waals surface area contributed by atoms with Gasteiger partial charge in [-0.3, -0.25) is 0 Å². The van der Waals surface area contributed by atoms with Crippen LogP contribution in [-0.2, 0) is 0 Å². The van der Waals surface area contributed by atoms with Crippen molar-refractivity contribution in [1.29, 1.82) is 0 Å². The van der Waals surface area contributed by atoms with Gasteiger partial charge in [-0.15, -0.1) is 13.2 Å². The van der Waals surface area contributed by atoms with Crippen molar-refractivity contribution in [1.82, 2.24) is 10.6 Å². The van der Waals surface area contributed by atoms with Gasteiger partial charge in [0.2, 0.25) is 0 Å². The molecule has 3 N–H and O–H groups in total. The summed E-state index contributed by atoms with van der Waals surface area (Å²) in [6.45, 7) is 3.89. The lowest BCUT2D eigenvalue weighted by molar-refractivity contribution is -0.274. The predicted octanol–water partition coefficient (Wildman–Crippen LogP) is 3.11. The minimum Gasteiger partial charge on any atom is -0.406 e. The number of ether oxygens (including phenoxy) is 1. The summed E-state index contributed by atoms with van der Waals surface area (Å²) in [6, 6.07) is 4.50. The van der Waals surface area contributed by atoms with Crippen molar-refractivity contribution in [2.45, 2.75) is 45.2 Å². The zero-order chi connectivity index (χ0) is 17.5. The first-order chi connectivity index (χ1) is 10.7. The summed E-state index contributed by atoms with van der Waals surface area (Å²) in [5, 5.41) is 14.6. The maximum absolute atomic E-state index is 12.1. The Bertz CT molecular complexity index is 492. The summed E-state index contributed by atoms with van der Waals surface area (Å²) in [4.78, 5) is 11.7. The number of halogens is 3. The summed E-state index contributed by atoms with van der Waals surface area (Å²) in [5.41, 5.74) is 0.642. The van der Waals surface area contributed by atoms with Gasteiger partial charge in [0.15, 0.2) is 0 Å². The lowest BCUT2D eigenvalue weighted by Gasteiger charge is -2.16. The van der Waals surface area contributed by atoms with Gasteiger partial charge < -0.3 is 20.5 Å². The van der Waals surface area contributed by atoms with Crippen LogP contribution in [0, 0.1) is 0 Å². The Morgan fingerprint density at radius 2 is 1.91 bits per heavy atom. The highest BCUT2D eigenvalue weighted by molar-refractivity contribution is 5.74. The maximum Gasteiger partial charge on any atom is 0.573 e. The van der Waals surface area contributed by atoms with Gasteiger partial charge in [-0.1, -0.05) is 19.1 Å². The molecule has 0 saturated heterocycles. The van der Waals surface area contributed by atoms with E-state index < -0.39 is 18.5 Å². The highest BCUT2D eigenvalue weighted by atomic mass is 19.4. The highest BCUT2D eigenvalue weighted by Crippen LogP contribution is 2.24. The molecule has 1 aromatic rings. The molecule has 5 nitrogen and oxygen atoms in total. The fourth-order valence-corrected chi connectivity index (χ4v) is 1.85. The monoisotopic (exact) mass is 334 g/mol. The first kappa shape index (κ1) is 19.1. The third-order valence-electron chi connectivity index (χ3n) is 3.20. The number of amides is 2. The van der Waals surface area contributed by atoms with Crippen LogP contribution in [0.4, 0.5) is 18.0 Å². The molecule has 130 valence electrons.